The number of aliphatic hydroxyl groups excluding tert-OH is 1. The highest BCUT2D eigenvalue weighted by molar-refractivity contribution is 7.89. The normalized spacial score (nSPS) is 18.9. The minimum Gasteiger partial charge on any atom is -0.488 e. The van der Waals surface area contributed by atoms with Gasteiger partial charge in [-0.05, 0) is 44.2 Å². The van der Waals surface area contributed by atoms with Crippen molar-refractivity contribution in [3.63, 3.8) is 0 Å². The topological polar surface area (TPSA) is 116 Å². The number of ether oxygens (including phenoxy) is 1. The summed E-state index contributed by atoms with van der Waals surface area (Å²) in [5.74, 6) is -1.62. The van der Waals surface area contributed by atoms with Crippen LogP contribution in [0.25, 0.3) is 0 Å². The van der Waals surface area contributed by atoms with E-state index in [0.717, 1.165) is 5.56 Å². The van der Waals surface area contributed by atoms with E-state index in [1.165, 1.54) is 46.6 Å². The second-order valence-electron chi connectivity index (χ2n) is 10.1. The van der Waals surface area contributed by atoms with Gasteiger partial charge in [0.25, 0.3) is 5.91 Å². The molecule has 1 aliphatic rings. The molecule has 9 nitrogen and oxygen atoms in total. The predicted octanol–water partition coefficient (Wildman–Crippen LogP) is 3.82. The lowest BCUT2D eigenvalue weighted by Gasteiger charge is -2.38. The predicted molar refractivity (Wildman–Crippen MR) is 143 cm³/mol. The summed E-state index contributed by atoms with van der Waals surface area (Å²) in [4.78, 5) is 27.1. The van der Waals surface area contributed by atoms with Gasteiger partial charge in [-0.3, -0.25) is 9.59 Å². The number of carbonyl (C=O) groups is 2. The van der Waals surface area contributed by atoms with Crippen molar-refractivity contribution in [3.8, 4) is 5.75 Å². The molecule has 40 heavy (non-hydrogen) atoms. The molecule has 0 saturated carbocycles. The van der Waals surface area contributed by atoms with E-state index in [1.54, 1.807) is 19.1 Å². The maximum atomic E-state index is 13.5. The summed E-state index contributed by atoms with van der Waals surface area (Å²) < 4.78 is 71.3. The van der Waals surface area contributed by atoms with Gasteiger partial charge in [0.05, 0.1) is 36.1 Å². The number of rotatable bonds is 9. The van der Waals surface area contributed by atoms with Crippen LogP contribution in [0.3, 0.4) is 0 Å². The Morgan fingerprint density at radius 2 is 1.88 bits per heavy atom. The highest BCUT2D eigenvalue weighted by atomic mass is 32.2. The molecule has 0 radical (unpaired) electrons. The quantitative estimate of drug-likeness (QED) is 0.463. The molecule has 13 heteroatoms. The Hall–Kier alpha value is -3.16. The molecular formula is C27H34F3N3O6S. The van der Waals surface area contributed by atoms with Crippen LogP contribution in [0.2, 0.25) is 0 Å². The Labute approximate surface area is 232 Å². The first-order valence-electron chi connectivity index (χ1n) is 12.7. The van der Waals surface area contributed by atoms with Crippen LogP contribution >= 0.6 is 0 Å². The van der Waals surface area contributed by atoms with Gasteiger partial charge in [-0.1, -0.05) is 24.6 Å². The number of hydrogen-bond donors (Lipinski definition) is 2. The zero-order chi connectivity index (χ0) is 29.8. The SMILES string of the molecule is Cc1ccc(S(=O)(=O)N(C)C[C@H]2Oc3ccc(NC(=O)CCC(F)(F)F)cc3C(=O)N([C@@H](C)CO)C[C@@H]2C)cc1. The van der Waals surface area contributed by atoms with Crippen LogP contribution in [0.5, 0.6) is 5.75 Å². The fraction of sp³-hybridized carbons (Fsp3) is 0.481. The van der Waals surface area contributed by atoms with E-state index in [4.69, 9.17) is 4.74 Å². The molecule has 0 unspecified atom stereocenters. The molecular weight excluding hydrogens is 551 g/mol. The van der Waals surface area contributed by atoms with Gasteiger partial charge in [0.2, 0.25) is 15.9 Å². The number of hydrogen-bond acceptors (Lipinski definition) is 6. The van der Waals surface area contributed by atoms with Crippen molar-refractivity contribution < 1.29 is 41.0 Å². The van der Waals surface area contributed by atoms with Crippen molar-refractivity contribution in [1.82, 2.24) is 9.21 Å². The lowest BCUT2D eigenvalue weighted by Crippen LogP contribution is -2.50. The van der Waals surface area contributed by atoms with Crippen LogP contribution in [0.4, 0.5) is 18.9 Å². The summed E-state index contributed by atoms with van der Waals surface area (Å²) in [7, 11) is -2.42. The number of benzene rings is 2. The summed E-state index contributed by atoms with van der Waals surface area (Å²) in [5.41, 5.74) is 1.03. The second kappa shape index (κ2) is 12.6. The monoisotopic (exact) mass is 585 g/mol. The number of amides is 2. The number of alkyl halides is 3. The molecule has 0 spiro atoms. The Morgan fingerprint density at radius 1 is 1.23 bits per heavy atom. The van der Waals surface area contributed by atoms with Gasteiger partial charge in [0.15, 0.2) is 0 Å². The third-order valence-electron chi connectivity index (χ3n) is 6.75. The van der Waals surface area contributed by atoms with E-state index < -0.39 is 53.0 Å². The fourth-order valence-corrected chi connectivity index (χ4v) is 5.42. The molecule has 2 aromatic rings. The molecule has 3 atom stereocenters. The van der Waals surface area contributed by atoms with Gasteiger partial charge in [0, 0.05) is 31.6 Å². The van der Waals surface area contributed by atoms with Gasteiger partial charge in [-0.25, -0.2) is 8.42 Å². The van der Waals surface area contributed by atoms with Gasteiger partial charge in [0.1, 0.15) is 11.9 Å². The minimum absolute atomic E-state index is 0.0230. The van der Waals surface area contributed by atoms with Crippen molar-refractivity contribution >= 4 is 27.5 Å². The van der Waals surface area contributed by atoms with Crippen molar-refractivity contribution in [2.24, 2.45) is 5.92 Å². The van der Waals surface area contributed by atoms with Crippen LogP contribution in [0, 0.1) is 12.8 Å². The molecule has 2 N–H and O–H groups in total. The smallest absolute Gasteiger partial charge is 0.389 e. The first kappa shape index (κ1) is 31.4. The Kier molecular flexibility index (Phi) is 9.85. The number of likely N-dealkylation sites (N-methyl/N-ethyl adjacent to an activating group) is 1. The zero-order valence-corrected chi connectivity index (χ0v) is 23.6. The molecule has 1 heterocycles. The Morgan fingerprint density at radius 3 is 2.48 bits per heavy atom. The number of carbonyl (C=O) groups excluding carboxylic acids is 2. The number of sulfonamides is 1. The van der Waals surface area contributed by atoms with Crippen molar-refractivity contribution in [3.05, 3.63) is 53.6 Å². The van der Waals surface area contributed by atoms with Crippen molar-refractivity contribution in [2.75, 3.05) is 32.1 Å². The summed E-state index contributed by atoms with van der Waals surface area (Å²) in [5, 5.41) is 12.2. The van der Waals surface area contributed by atoms with Gasteiger partial charge >= 0.3 is 6.18 Å². The van der Waals surface area contributed by atoms with E-state index in [0.29, 0.717) is 0 Å². The van der Waals surface area contributed by atoms with E-state index in [1.807, 2.05) is 13.8 Å². The van der Waals surface area contributed by atoms with E-state index in [2.05, 4.69) is 5.32 Å². The first-order chi connectivity index (χ1) is 18.6. The summed E-state index contributed by atoms with van der Waals surface area (Å²) in [6.45, 7) is 5.05. The standard InChI is InChI=1S/C27H34F3N3O6S/c1-17-5-8-21(9-6-17)40(37,38)32(4)15-24-18(2)14-33(19(3)16-34)26(36)22-13-20(7-10-23(22)39-24)31-25(35)11-12-27(28,29)30/h5-10,13,18-19,24,34H,11-12,14-16H2,1-4H3,(H,31,35)/t18-,19-,24+/m0/s1. The zero-order valence-electron chi connectivity index (χ0n) is 22.7. The molecule has 2 aromatic carbocycles. The van der Waals surface area contributed by atoms with Gasteiger partial charge < -0.3 is 20.1 Å². The Balaban J connectivity index is 1.91. The maximum Gasteiger partial charge on any atom is 0.389 e. The molecule has 0 saturated heterocycles. The lowest BCUT2D eigenvalue weighted by molar-refractivity contribution is -0.142. The molecule has 0 aliphatic carbocycles. The minimum atomic E-state index is -4.49. The number of aliphatic hydroxyl groups is 1. The van der Waals surface area contributed by atoms with Crippen molar-refractivity contribution in [2.45, 2.75) is 56.8 Å². The number of fused-ring (bicyclic) bond motifs is 1. The second-order valence-corrected chi connectivity index (χ2v) is 12.1. The van der Waals surface area contributed by atoms with E-state index >= 15 is 0 Å². The average Bonchev–Trinajstić information content (AvgIpc) is 2.89. The number of halogens is 3. The third kappa shape index (κ3) is 7.73. The third-order valence-corrected chi connectivity index (χ3v) is 8.59. The lowest BCUT2D eigenvalue weighted by atomic mass is 9.99. The fourth-order valence-electron chi connectivity index (χ4n) is 4.24. The summed E-state index contributed by atoms with van der Waals surface area (Å²) in [6.07, 6.45) is -7.26. The number of nitrogens with one attached hydrogen (secondary N) is 1. The van der Waals surface area contributed by atoms with E-state index in [9.17, 15) is 36.3 Å². The summed E-state index contributed by atoms with van der Waals surface area (Å²) >= 11 is 0. The van der Waals surface area contributed by atoms with Crippen LogP contribution in [-0.2, 0) is 14.8 Å². The van der Waals surface area contributed by atoms with Crippen LogP contribution < -0.4 is 10.1 Å². The van der Waals surface area contributed by atoms with Crippen molar-refractivity contribution in [1.29, 1.82) is 0 Å². The van der Waals surface area contributed by atoms with E-state index in [-0.39, 0.29) is 47.5 Å². The number of aryl methyl sites for hydroxylation is 1. The molecule has 2 amide bonds. The molecule has 220 valence electrons. The molecule has 0 aromatic heterocycles. The first-order valence-corrected chi connectivity index (χ1v) is 14.2. The highest BCUT2D eigenvalue weighted by Gasteiger charge is 2.35. The molecule has 1 aliphatic heterocycles. The molecule has 0 fully saturated rings. The maximum absolute atomic E-state index is 13.5. The van der Waals surface area contributed by atoms with Gasteiger partial charge in [-0.2, -0.15) is 17.5 Å². The largest absolute Gasteiger partial charge is 0.488 e. The Bertz CT molecular complexity index is 1320. The average molecular weight is 586 g/mol. The van der Waals surface area contributed by atoms with Crippen LogP contribution in [0.1, 0.15) is 42.6 Å². The van der Waals surface area contributed by atoms with Crippen LogP contribution in [0.15, 0.2) is 47.4 Å². The summed E-state index contributed by atoms with van der Waals surface area (Å²) in [6, 6.07) is 9.96. The van der Waals surface area contributed by atoms with Crippen LogP contribution in [-0.4, -0.2) is 79.6 Å². The number of nitrogens with zero attached hydrogens (tertiary/aromatic N) is 2. The van der Waals surface area contributed by atoms with Gasteiger partial charge in [-0.15, -0.1) is 0 Å². The molecule has 3 rings (SSSR count). The molecule has 0 bridgehead atoms. The highest BCUT2D eigenvalue weighted by Crippen LogP contribution is 2.31. The number of anilines is 1.